The lowest BCUT2D eigenvalue weighted by atomic mass is 10.2. The quantitative estimate of drug-likeness (QED) is 0.195. The van der Waals surface area contributed by atoms with Gasteiger partial charge >= 0.3 is 19.3 Å². The summed E-state index contributed by atoms with van der Waals surface area (Å²) in [7, 11) is 5.76. The normalized spacial score (nSPS) is 11.9. The third kappa shape index (κ3) is 16.3. The Balaban J connectivity index is 3.19. The molecule has 0 bridgehead atoms. The molecule has 0 amide bonds. The predicted molar refractivity (Wildman–Crippen MR) is 81.8 cm³/mol. The van der Waals surface area contributed by atoms with E-state index in [1.54, 1.807) is 0 Å². The van der Waals surface area contributed by atoms with Gasteiger partial charge in [0.05, 0.1) is 0 Å². The lowest BCUT2D eigenvalue weighted by molar-refractivity contribution is 0.727. The van der Waals surface area contributed by atoms with Crippen molar-refractivity contribution in [3.05, 3.63) is 36.5 Å². The van der Waals surface area contributed by atoms with Gasteiger partial charge in [-0.1, -0.05) is 56.2 Å². The van der Waals surface area contributed by atoms with Crippen LogP contribution in [0.3, 0.4) is 0 Å². The number of allylic oxidation sites excluding steroid dienone is 6. The molecule has 0 saturated heterocycles. The van der Waals surface area contributed by atoms with E-state index >= 15 is 0 Å². The van der Waals surface area contributed by atoms with E-state index in [1.165, 1.54) is 36.7 Å². The van der Waals surface area contributed by atoms with Crippen LogP contribution in [0.25, 0.3) is 0 Å². The maximum absolute atomic E-state index is 5.76. The Morgan fingerprint density at radius 1 is 0.824 bits per heavy atom. The number of hydrogen-bond donors (Lipinski definition) is 0. The maximum atomic E-state index is 5.76. The standard InChI is InChI=1S/C15H25.ClH.Mg/c1-3-5-7-9-11-13-15-14-12-10-8-6-4-2;;/h6,8,10-13H,1,3-5,7,9,14-15H2,2H3;1H;/q;;+1/p-1/b8-6+,12-10-,13-11-;;. The van der Waals surface area contributed by atoms with Crippen LogP contribution in [0.5, 0.6) is 0 Å². The van der Waals surface area contributed by atoms with Gasteiger partial charge in [-0.2, -0.15) is 0 Å². The summed E-state index contributed by atoms with van der Waals surface area (Å²) < 4.78 is 1.31. The highest BCUT2D eigenvalue weighted by atomic mass is 35.5. The van der Waals surface area contributed by atoms with Gasteiger partial charge in [0.25, 0.3) is 0 Å². The van der Waals surface area contributed by atoms with E-state index in [9.17, 15) is 0 Å². The SMILES string of the molecule is CC/C=C/C=C\CC/C=C\CCCC[CH2][Mg][Cl]. The molecule has 0 atom stereocenters. The van der Waals surface area contributed by atoms with Gasteiger partial charge in [0.2, 0.25) is 0 Å². The molecule has 0 aliphatic heterocycles. The van der Waals surface area contributed by atoms with Crippen LogP contribution < -0.4 is 0 Å². The molecular formula is C15H25ClMg. The van der Waals surface area contributed by atoms with Crippen molar-refractivity contribution in [1.29, 1.82) is 0 Å². The first-order valence-electron chi connectivity index (χ1n) is 6.94. The van der Waals surface area contributed by atoms with Crippen LogP contribution in [0.4, 0.5) is 0 Å². The lowest BCUT2D eigenvalue weighted by Gasteiger charge is -1.94. The topological polar surface area (TPSA) is 0 Å². The highest BCUT2D eigenvalue weighted by Crippen LogP contribution is 2.05. The van der Waals surface area contributed by atoms with Gasteiger partial charge in [-0.05, 0) is 32.1 Å². The Morgan fingerprint density at radius 3 is 2.29 bits per heavy atom. The van der Waals surface area contributed by atoms with Crippen LogP contribution in [-0.2, 0) is 0 Å². The zero-order valence-corrected chi connectivity index (χ0v) is 13.4. The fourth-order valence-corrected chi connectivity index (χ4v) is 2.64. The maximum Gasteiger partial charge on any atom is 0.501 e. The molecule has 0 aromatic heterocycles. The minimum atomic E-state index is -0.205. The summed E-state index contributed by atoms with van der Waals surface area (Å²) in [4.78, 5) is 0. The summed E-state index contributed by atoms with van der Waals surface area (Å²) in [5, 5.41) is 0. The molecule has 2 heteroatoms. The minimum absolute atomic E-state index is 0.205. The van der Waals surface area contributed by atoms with Crippen molar-refractivity contribution in [3.8, 4) is 0 Å². The molecule has 0 aliphatic carbocycles. The second-order valence-electron chi connectivity index (χ2n) is 4.21. The molecule has 0 fully saturated rings. The molecule has 0 N–H and O–H groups in total. The van der Waals surface area contributed by atoms with E-state index in [0.29, 0.717) is 0 Å². The van der Waals surface area contributed by atoms with Crippen LogP contribution in [0.1, 0.15) is 51.9 Å². The van der Waals surface area contributed by atoms with Gasteiger partial charge in [-0.15, -0.1) is 4.55 Å². The van der Waals surface area contributed by atoms with Gasteiger partial charge in [-0.25, -0.2) is 0 Å². The van der Waals surface area contributed by atoms with Gasteiger partial charge in [0.15, 0.2) is 0 Å². The summed E-state index contributed by atoms with van der Waals surface area (Å²) >= 11 is -0.205. The van der Waals surface area contributed by atoms with E-state index in [4.69, 9.17) is 9.07 Å². The third-order valence-electron chi connectivity index (χ3n) is 2.54. The first-order valence-corrected chi connectivity index (χ1v) is 10.1. The molecule has 0 aliphatic rings. The molecule has 0 spiro atoms. The van der Waals surface area contributed by atoms with E-state index in [0.717, 1.165) is 12.8 Å². The Hall–Kier alpha value is 0.276. The van der Waals surface area contributed by atoms with Crippen molar-refractivity contribution < 1.29 is 0 Å². The van der Waals surface area contributed by atoms with Crippen molar-refractivity contribution in [1.82, 2.24) is 0 Å². The van der Waals surface area contributed by atoms with Gasteiger partial charge in [-0.3, -0.25) is 0 Å². The first-order chi connectivity index (χ1) is 8.41. The second-order valence-corrected chi connectivity index (χ2v) is 6.42. The van der Waals surface area contributed by atoms with Crippen molar-refractivity contribution in [2.75, 3.05) is 0 Å². The fourth-order valence-electron chi connectivity index (χ4n) is 1.53. The molecule has 0 heterocycles. The number of hydrogen-bond acceptors (Lipinski definition) is 0. The summed E-state index contributed by atoms with van der Waals surface area (Å²) in [5.74, 6) is 0. The van der Waals surface area contributed by atoms with E-state index < -0.39 is 0 Å². The predicted octanol–water partition coefficient (Wildman–Crippen LogP) is 5.68. The zero-order valence-electron chi connectivity index (χ0n) is 11.2. The Labute approximate surface area is 121 Å². The first kappa shape index (κ1) is 17.3. The smallest absolute Gasteiger partial charge is 0.346 e. The van der Waals surface area contributed by atoms with Crippen molar-refractivity contribution >= 4 is 28.3 Å². The molecule has 94 valence electrons. The average molecular weight is 265 g/mol. The van der Waals surface area contributed by atoms with Crippen LogP contribution in [-0.4, -0.2) is 19.3 Å². The van der Waals surface area contributed by atoms with E-state index in [-0.39, 0.29) is 19.3 Å². The highest BCUT2D eigenvalue weighted by Gasteiger charge is 1.90. The van der Waals surface area contributed by atoms with E-state index in [2.05, 4.69) is 43.4 Å². The monoisotopic (exact) mass is 264 g/mol. The largest absolute Gasteiger partial charge is 0.501 e. The van der Waals surface area contributed by atoms with Crippen LogP contribution in [0.15, 0.2) is 36.5 Å². The summed E-state index contributed by atoms with van der Waals surface area (Å²) in [6.07, 6.45) is 22.0. The summed E-state index contributed by atoms with van der Waals surface area (Å²) in [6, 6.07) is 0. The molecule has 17 heavy (non-hydrogen) atoms. The molecule has 0 saturated carbocycles. The van der Waals surface area contributed by atoms with Crippen LogP contribution in [0, 0.1) is 0 Å². The molecule has 0 aromatic carbocycles. The molecule has 0 aromatic rings. The second kappa shape index (κ2) is 16.3. The Kier molecular flexibility index (Phi) is 16.5. The van der Waals surface area contributed by atoms with Gasteiger partial charge in [0, 0.05) is 0 Å². The number of unbranched alkanes of at least 4 members (excludes halogenated alkanes) is 4. The van der Waals surface area contributed by atoms with Crippen molar-refractivity contribution in [2.45, 2.75) is 56.4 Å². The van der Waals surface area contributed by atoms with E-state index in [1.807, 2.05) is 0 Å². The van der Waals surface area contributed by atoms with Crippen molar-refractivity contribution in [2.24, 2.45) is 0 Å². The average Bonchev–Trinajstić information content (AvgIpc) is 2.35. The molecular weight excluding hydrogens is 240 g/mol. The third-order valence-corrected chi connectivity index (χ3v) is 4.11. The van der Waals surface area contributed by atoms with Crippen LogP contribution >= 0.6 is 9.07 Å². The Bertz CT molecular complexity index is 219. The van der Waals surface area contributed by atoms with Gasteiger partial charge < -0.3 is 9.07 Å². The summed E-state index contributed by atoms with van der Waals surface area (Å²) in [5.41, 5.74) is 0. The molecule has 0 radical (unpaired) electrons. The number of halogens is 1. The molecule has 0 nitrogen and oxygen atoms in total. The lowest BCUT2D eigenvalue weighted by Crippen LogP contribution is -1.79. The minimum Gasteiger partial charge on any atom is -0.346 e. The molecule has 0 rings (SSSR count). The zero-order chi connectivity index (χ0) is 12.6. The summed E-state index contributed by atoms with van der Waals surface area (Å²) in [6.45, 7) is 2.16. The number of rotatable bonds is 11. The van der Waals surface area contributed by atoms with Crippen molar-refractivity contribution in [3.63, 3.8) is 0 Å². The highest BCUT2D eigenvalue weighted by molar-refractivity contribution is 6.93. The fraction of sp³-hybridized carbons (Fsp3) is 0.600. The molecule has 0 unspecified atom stereocenters. The Morgan fingerprint density at radius 2 is 1.53 bits per heavy atom. The van der Waals surface area contributed by atoms with Gasteiger partial charge in [0.1, 0.15) is 0 Å². The van der Waals surface area contributed by atoms with Crippen LogP contribution in [0.2, 0.25) is 4.55 Å².